The van der Waals surface area contributed by atoms with Crippen LogP contribution in [0.3, 0.4) is 0 Å². The van der Waals surface area contributed by atoms with E-state index >= 15 is 0 Å². The Bertz CT molecular complexity index is 702. The fraction of sp³-hybridized carbons (Fsp3) is 0.211. The fourth-order valence-corrected chi connectivity index (χ4v) is 2.88. The van der Waals surface area contributed by atoms with Crippen LogP contribution in [0.1, 0.15) is 31.1 Å². The second kappa shape index (κ2) is 6.37. The molecule has 1 aliphatic rings. The molecule has 0 amide bonds. The predicted octanol–water partition coefficient (Wildman–Crippen LogP) is 5.22. The summed E-state index contributed by atoms with van der Waals surface area (Å²) in [5.74, 6) is 0. The second-order valence-corrected chi connectivity index (χ2v) is 6.03. The summed E-state index contributed by atoms with van der Waals surface area (Å²) >= 11 is 6.01. The number of hydrogen-bond donors (Lipinski definition) is 0. The van der Waals surface area contributed by atoms with Crippen molar-refractivity contribution in [3.05, 3.63) is 82.5 Å². The number of hydrogen-bond acceptors (Lipinski definition) is 2. The van der Waals surface area contributed by atoms with E-state index in [1.54, 1.807) is 0 Å². The zero-order chi connectivity index (χ0) is 15.5. The number of allylic oxidation sites excluding steroid dienone is 2. The molecular formula is C19H19ClN2. The lowest BCUT2D eigenvalue weighted by Gasteiger charge is -2.35. The van der Waals surface area contributed by atoms with E-state index in [1.165, 1.54) is 11.3 Å². The summed E-state index contributed by atoms with van der Waals surface area (Å²) in [6.45, 7) is 5.03. The van der Waals surface area contributed by atoms with Gasteiger partial charge in [0.15, 0.2) is 0 Å². The quantitative estimate of drug-likeness (QED) is 0.759. The number of aliphatic imine (C=N–C) groups is 1. The first-order valence-electron chi connectivity index (χ1n) is 7.42. The molecule has 0 fully saturated rings. The molecule has 0 N–H and O–H groups in total. The summed E-state index contributed by atoms with van der Waals surface area (Å²) in [6.07, 6.45) is 2.14. The van der Waals surface area contributed by atoms with Gasteiger partial charge in [-0.2, -0.15) is 0 Å². The van der Waals surface area contributed by atoms with E-state index in [9.17, 15) is 0 Å². The molecule has 2 aromatic rings. The number of halogens is 1. The van der Waals surface area contributed by atoms with Crippen molar-refractivity contribution in [2.24, 2.45) is 4.99 Å². The average Bonchev–Trinajstić information content (AvgIpc) is 2.52. The van der Waals surface area contributed by atoms with Crippen molar-refractivity contribution in [3.63, 3.8) is 0 Å². The third kappa shape index (κ3) is 3.23. The van der Waals surface area contributed by atoms with Crippen LogP contribution in [0.5, 0.6) is 0 Å². The van der Waals surface area contributed by atoms with Gasteiger partial charge in [-0.25, -0.2) is 0 Å². The van der Waals surface area contributed by atoms with E-state index in [4.69, 9.17) is 16.6 Å². The lowest BCUT2D eigenvalue weighted by Crippen LogP contribution is -2.29. The summed E-state index contributed by atoms with van der Waals surface area (Å²) < 4.78 is 0. The van der Waals surface area contributed by atoms with E-state index in [-0.39, 0.29) is 6.17 Å². The summed E-state index contributed by atoms with van der Waals surface area (Å²) in [5, 5.41) is 0.752. The minimum absolute atomic E-state index is 0.00229. The van der Waals surface area contributed by atoms with Gasteiger partial charge in [0.05, 0.1) is 0 Å². The standard InChI is InChI=1S/C19H19ClN2/c1-14-12-15(2)22(13-16-6-4-3-5-7-16)19(21-14)17-8-10-18(20)11-9-17/h3-12,19H,13H2,1-2H3. The molecule has 22 heavy (non-hydrogen) atoms. The van der Waals surface area contributed by atoms with Gasteiger partial charge in [-0.3, -0.25) is 4.99 Å². The van der Waals surface area contributed by atoms with Gasteiger partial charge in [0.1, 0.15) is 6.17 Å². The van der Waals surface area contributed by atoms with E-state index in [1.807, 2.05) is 25.1 Å². The maximum absolute atomic E-state index is 6.01. The van der Waals surface area contributed by atoms with Crippen molar-refractivity contribution in [1.82, 2.24) is 4.90 Å². The van der Waals surface area contributed by atoms with E-state index in [0.717, 1.165) is 22.8 Å². The maximum atomic E-state index is 6.01. The Morgan fingerprint density at radius 2 is 1.68 bits per heavy atom. The second-order valence-electron chi connectivity index (χ2n) is 5.59. The van der Waals surface area contributed by atoms with Gasteiger partial charge in [-0.1, -0.05) is 54.1 Å². The largest absolute Gasteiger partial charge is 0.345 e. The highest BCUT2D eigenvalue weighted by molar-refractivity contribution is 6.30. The lowest BCUT2D eigenvalue weighted by atomic mass is 10.1. The van der Waals surface area contributed by atoms with Crippen molar-refractivity contribution >= 4 is 17.3 Å². The molecule has 112 valence electrons. The van der Waals surface area contributed by atoms with Gasteiger partial charge >= 0.3 is 0 Å². The Morgan fingerprint density at radius 1 is 1.00 bits per heavy atom. The van der Waals surface area contributed by atoms with Gasteiger partial charge in [0, 0.05) is 23.0 Å². The minimum Gasteiger partial charge on any atom is -0.345 e. The van der Waals surface area contributed by atoms with Gasteiger partial charge in [-0.15, -0.1) is 0 Å². The highest BCUT2D eigenvalue weighted by Gasteiger charge is 2.23. The van der Waals surface area contributed by atoms with Crippen LogP contribution in [0.15, 0.2) is 71.4 Å². The topological polar surface area (TPSA) is 15.6 Å². The molecule has 0 saturated carbocycles. The molecule has 2 aromatic carbocycles. The molecule has 2 nitrogen and oxygen atoms in total. The van der Waals surface area contributed by atoms with Crippen LogP contribution >= 0.6 is 11.6 Å². The first-order chi connectivity index (χ1) is 10.6. The zero-order valence-corrected chi connectivity index (χ0v) is 13.6. The third-order valence-corrected chi connectivity index (χ3v) is 4.11. The molecule has 1 unspecified atom stereocenters. The van der Waals surface area contributed by atoms with Crippen LogP contribution in [0, 0.1) is 0 Å². The Balaban J connectivity index is 1.94. The van der Waals surface area contributed by atoms with Gasteiger partial charge in [-0.05, 0) is 43.2 Å². The molecule has 0 aromatic heterocycles. The molecule has 3 heteroatoms. The SMILES string of the molecule is CC1=CC(C)=NC(c2ccc(Cl)cc2)N1Cc1ccccc1. The highest BCUT2D eigenvalue weighted by atomic mass is 35.5. The average molecular weight is 311 g/mol. The molecule has 1 atom stereocenters. The van der Waals surface area contributed by atoms with Crippen LogP contribution in [-0.4, -0.2) is 10.6 Å². The van der Waals surface area contributed by atoms with Crippen molar-refractivity contribution < 1.29 is 0 Å². The fourth-order valence-electron chi connectivity index (χ4n) is 2.76. The third-order valence-electron chi connectivity index (χ3n) is 3.86. The molecule has 0 aliphatic carbocycles. The maximum Gasteiger partial charge on any atom is 0.147 e. The van der Waals surface area contributed by atoms with Crippen molar-refractivity contribution in [1.29, 1.82) is 0 Å². The first-order valence-corrected chi connectivity index (χ1v) is 7.80. The molecule has 0 bridgehead atoms. The molecule has 0 spiro atoms. The van der Waals surface area contributed by atoms with Crippen LogP contribution in [0.25, 0.3) is 0 Å². The summed E-state index contributed by atoms with van der Waals surface area (Å²) in [4.78, 5) is 7.16. The van der Waals surface area contributed by atoms with Crippen LogP contribution in [0.4, 0.5) is 0 Å². The normalized spacial score (nSPS) is 18.0. The highest BCUT2D eigenvalue weighted by Crippen LogP contribution is 2.31. The van der Waals surface area contributed by atoms with Crippen molar-refractivity contribution in [2.45, 2.75) is 26.6 Å². The van der Waals surface area contributed by atoms with Gasteiger partial charge in [0.25, 0.3) is 0 Å². The van der Waals surface area contributed by atoms with E-state index in [0.29, 0.717) is 0 Å². The van der Waals surface area contributed by atoms with Crippen LogP contribution < -0.4 is 0 Å². The first kappa shape index (κ1) is 14.9. The number of nitrogens with zero attached hydrogens (tertiary/aromatic N) is 2. The molecule has 0 radical (unpaired) electrons. The summed E-state index contributed by atoms with van der Waals surface area (Å²) in [7, 11) is 0. The molecule has 1 aliphatic heterocycles. The van der Waals surface area contributed by atoms with Gasteiger partial charge in [0.2, 0.25) is 0 Å². The summed E-state index contributed by atoms with van der Waals surface area (Å²) in [6, 6.07) is 18.5. The Hall–Kier alpha value is -2.06. The van der Waals surface area contributed by atoms with Crippen LogP contribution in [-0.2, 0) is 6.54 Å². The molecule has 3 rings (SSSR count). The predicted molar refractivity (Wildman–Crippen MR) is 93.0 cm³/mol. The van der Waals surface area contributed by atoms with Crippen LogP contribution in [0.2, 0.25) is 5.02 Å². The molecular weight excluding hydrogens is 292 g/mol. The van der Waals surface area contributed by atoms with E-state index in [2.05, 4.69) is 54.3 Å². The number of benzene rings is 2. The molecule has 1 heterocycles. The summed E-state index contributed by atoms with van der Waals surface area (Å²) in [5.41, 5.74) is 4.73. The van der Waals surface area contributed by atoms with E-state index < -0.39 is 0 Å². The molecule has 0 saturated heterocycles. The van der Waals surface area contributed by atoms with Crippen molar-refractivity contribution in [3.8, 4) is 0 Å². The zero-order valence-electron chi connectivity index (χ0n) is 12.8. The minimum atomic E-state index is 0.00229. The van der Waals surface area contributed by atoms with Gasteiger partial charge < -0.3 is 4.90 Å². The number of rotatable bonds is 3. The van der Waals surface area contributed by atoms with Crippen molar-refractivity contribution in [2.75, 3.05) is 0 Å². The Kier molecular flexibility index (Phi) is 4.30. The lowest BCUT2D eigenvalue weighted by molar-refractivity contribution is 0.250. The Labute approximate surface area is 136 Å². The smallest absolute Gasteiger partial charge is 0.147 e. The Morgan fingerprint density at radius 3 is 2.36 bits per heavy atom. The monoisotopic (exact) mass is 310 g/mol.